The number of aromatic nitrogens is 2. The molecule has 26 heavy (non-hydrogen) atoms. The zero-order valence-corrected chi connectivity index (χ0v) is 15.7. The number of H-pyrrole nitrogens is 1. The van der Waals surface area contributed by atoms with E-state index in [-0.39, 0.29) is 0 Å². The first-order valence-corrected chi connectivity index (χ1v) is 9.30. The molecule has 0 fully saturated rings. The number of rotatable bonds is 7. The number of nitrogens with one attached hydrogen (secondary N) is 3. The van der Waals surface area contributed by atoms with Crippen LogP contribution in [0.25, 0.3) is 10.9 Å². The lowest BCUT2D eigenvalue weighted by atomic mass is 10.1. The van der Waals surface area contributed by atoms with Crippen LogP contribution in [0.15, 0.2) is 39.8 Å². The molecular formula is C20H27N5O. The van der Waals surface area contributed by atoms with Crippen LogP contribution in [0.4, 0.5) is 0 Å². The van der Waals surface area contributed by atoms with Gasteiger partial charge in [0, 0.05) is 29.7 Å². The van der Waals surface area contributed by atoms with E-state index in [1.165, 1.54) is 5.39 Å². The van der Waals surface area contributed by atoms with Gasteiger partial charge in [-0.05, 0) is 30.9 Å². The topological polar surface area (TPSA) is 78.2 Å². The first-order valence-electron chi connectivity index (χ1n) is 9.30. The van der Waals surface area contributed by atoms with Crippen molar-refractivity contribution in [2.45, 2.75) is 46.7 Å². The van der Waals surface area contributed by atoms with Crippen LogP contribution in [0.3, 0.4) is 0 Å². The number of aliphatic imine (C=N–C) groups is 1. The summed E-state index contributed by atoms with van der Waals surface area (Å²) in [6.07, 6.45) is 1.68. The van der Waals surface area contributed by atoms with E-state index >= 15 is 0 Å². The first-order chi connectivity index (χ1) is 12.7. The molecule has 0 radical (unpaired) electrons. The third kappa shape index (κ3) is 4.07. The monoisotopic (exact) mass is 353 g/mol. The van der Waals surface area contributed by atoms with E-state index in [0.717, 1.165) is 53.6 Å². The van der Waals surface area contributed by atoms with Gasteiger partial charge in [0.05, 0.1) is 18.8 Å². The van der Waals surface area contributed by atoms with E-state index in [9.17, 15) is 0 Å². The zero-order chi connectivity index (χ0) is 18.4. The third-order valence-electron chi connectivity index (χ3n) is 4.38. The van der Waals surface area contributed by atoms with Gasteiger partial charge in [0.1, 0.15) is 5.76 Å². The Morgan fingerprint density at radius 3 is 2.73 bits per heavy atom. The zero-order valence-electron chi connectivity index (χ0n) is 15.7. The van der Waals surface area contributed by atoms with E-state index in [4.69, 9.17) is 9.52 Å². The maximum absolute atomic E-state index is 5.43. The van der Waals surface area contributed by atoms with Crippen LogP contribution in [-0.2, 0) is 25.9 Å². The molecule has 0 unspecified atom stereocenters. The molecule has 0 aliphatic carbocycles. The minimum atomic E-state index is 0.567. The second-order valence-corrected chi connectivity index (χ2v) is 6.17. The highest BCUT2D eigenvalue weighted by molar-refractivity contribution is 5.81. The first kappa shape index (κ1) is 18.0. The van der Waals surface area contributed by atoms with Gasteiger partial charge in [-0.25, -0.2) is 4.99 Å². The molecule has 0 atom stereocenters. The van der Waals surface area contributed by atoms with Crippen LogP contribution in [0.1, 0.15) is 43.5 Å². The Hall–Kier alpha value is -2.76. The number of para-hydroxylation sites is 1. The van der Waals surface area contributed by atoms with Gasteiger partial charge in [-0.15, -0.1) is 0 Å². The quantitative estimate of drug-likeness (QED) is 0.448. The molecule has 138 valence electrons. The van der Waals surface area contributed by atoms with Crippen LogP contribution in [0.5, 0.6) is 0 Å². The Bertz CT molecular complexity index is 823. The molecule has 2 aromatic heterocycles. The molecule has 3 aromatic rings. The van der Waals surface area contributed by atoms with Crippen molar-refractivity contribution in [2.24, 2.45) is 4.99 Å². The highest BCUT2D eigenvalue weighted by Crippen LogP contribution is 2.17. The van der Waals surface area contributed by atoms with Gasteiger partial charge in [-0.2, -0.15) is 0 Å². The molecular weight excluding hydrogens is 326 g/mol. The number of aromatic amines is 1. The van der Waals surface area contributed by atoms with E-state index in [0.29, 0.717) is 13.1 Å². The lowest BCUT2D eigenvalue weighted by molar-refractivity contribution is 0.380. The van der Waals surface area contributed by atoms with E-state index in [1.54, 1.807) is 0 Å². The molecule has 0 spiro atoms. The van der Waals surface area contributed by atoms with Crippen LogP contribution in [0, 0.1) is 0 Å². The van der Waals surface area contributed by atoms with E-state index in [2.05, 4.69) is 65.8 Å². The molecule has 6 heteroatoms. The summed E-state index contributed by atoms with van der Waals surface area (Å²) < 4.78 is 5.43. The van der Waals surface area contributed by atoms with Gasteiger partial charge < -0.3 is 20.1 Å². The van der Waals surface area contributed by atoms with Crippen molar-refractivity contribution in [3.05, 3.63) is 53.0 Å². The number of nitrogens with zero attached hydrogens (tertiary/aromatic N) is 2. The van der Waals surface area contributed by atoms with Crippen molar-refractivity contribution in [2.75, 3.05) is 6.54 Å². The molecule has 0 saturated heterocycles. The highest BCUT2D eigenvalue weighted by atomic mass is 16.5. The molecule has 0 bridgehead atoms. The Labute approximate surface area is 154 Å². The summed E-state index contributed by atoms with van der Waals surface area (Å²) in [4.78, 5) is 8.15. The Morgan fingerprint density at radius 2 is 2.00 bits per heavy atom. The second-order valence-electron chi connectivity index (χ2n) is 6.17. The predicted molar refractivity (Wildman–Crippen MR) is 105 cm³/mol. The van der Waals surface area contributed by atoms with Gasteiger partial charge in [-0.1, -0.05) is 37.2 Å². The largest absolute Gasteiger partial charge is 0.361 e. The third-order valence-corrected chi connectivity index (χ3v) is 4.38. The molecule has 3 N–H and O–H groups in total. The fraction of sp³-hybridized carbons (Fsp3) is 0.400. The number of guanidine groups is 1. The van der Waals surface area contributed by atoms with Crippen molar-refractivity contribution in [1.82, 2.24) is 20.8 Å². The van der Waals surface area contributed by atoms with Gasteiger partial charge in [0.15, 0.2) is 5.96 Å². The van der Waals surface area contributed by atoms with Crippen LogP contribution in [-0.4, -0.2) is 22.6 Å². The van der Waals surface area contributed by atoms with Crippen molar-refractivity contribution in [1.29, 1.82) is 0 Å². The van der Waals surface area contributed by atoms with E-state index in [1.807, 2.05) is 6.07 Å². The molecule has 0 saturated carbocycles. The Morgan fingerprint density at radius 1 is 1.15 bits per heavy atom. The summed E-state index contributed by atoms with van der Waals surface area (Å²) in [6.45, 7) is 8.29. The van der Waals surface area contributed by atoms with Gasteiger partial charge >= 0.3 is 0 Å². The second kappa shape index (κ2) is 8.56. The summed E-state index contributed by atoms with van der Waals surface area (Å²) in [5.74, 6) is 1.72. The smallest absolute Gasteiger partial charge is 0.191 e. The van der Waals surface area contributed by atoms with Crippen LogP contribution in [0.2, 0.25) is 0 Å². The van der Waals surface area contributed by atoms with Crippen LogP contribution < -0.4 is 10.6 Å². The van der Waals surface area contributed by atoms with Crippen molar-refractivity contribution >= 4 is 16.9 Å². The van der Waals surface area contributed by atoms with Crippen LogP contribution >= 0.6 is 0 Å². The maximum atomic E-state index is 5.43. The average molecular weight is 353 g/mol. The van der Waals surface area contributed by atoms with Gasteiger partial charge in [0.25, 0.3) is 0 Å². The molecule has 6 nitrogen and oxygen atoms in total. The normalized spacial score (nSPS) is 11.9. The number of aryl methyl sites for hydroxylation is 2. The lowest BCUT2D eigenvalue weighted by Gasteiger charge is -2.10. The maximum Gasteiger partial charge on any atom is 0.191 e. The summed E-state index contributed by atoms with van der Waals surface area (Å²) in [6, 6.07) is 10.4. The molecule has 3 rings (SSSR count). The number of hydrogen-bond acceptors (Lipinski definition) is 3. The van der Waals surface area contributed by atoms with Crippen molar-refractivity contribution < 1.29 is 4.52 Å². The number of benzene rings is 1. The highest BCUT2D eigenvalue weighted by Gasteiger charge is 2.13. The van der Waals surface area contributed by atoms with E-state index < -0.39 is 0 Å². The van der Waals surface area contributed by atoms with Gasteiger partial charge in [0.2, 0.25) is 0 Å². The summed E-state index contributed by atoms with van der Waals surface area (Å²) in [5.41, 5.74) is 4.39. The Balaban J connectivity index is 1.70. The average Bonchev–Trinajstić information content (AvgIpc) is 3.26. The Kier molecular flexibility index (Phi) is 5.94. The fourth-order valence-corrected chi connectivity index (χ4v) is 3.02. The minimum absolute atomic E-state index is 0.567. The van der Waals surface area contributed by atoms with Crippen molar-refractivity contribution in [3.8, 4) is 0 Å². The molecule has 0 aliphatic rings. The molecule has 0 amide bonds. The standard InChI is InChI=1S/C20H27N5O/c1-4-17-16(19(5-2)26-25-17)13-23-20(21-6-3)22-12-15-11-14-9-7-8-10-18(14)24-15/h7-11,24H,4-6,12-13H2,1-3H3,(H2,21,22,23). The SMILES string of the molecule is CCNC(=NCc1c(CC)noc1CC)NCc1cc2ccccc2[nH]1. The number of hydrogen-bond donors (Lipinski definition) is 3. The molecule has 1 aromatic carbocycles. The summed E-state index contributed by atoms with van der Waals surface area (Å²) in [5, 5.41) is 12.1. The lowest BCUT2D eigenvalue weighted by Crippen LogP contribution is -2.36. The fourth-order valence-electron chi connectivity index (χ4n) is 3.02. The molecule has 0 aliphatic heterocycles. The van der Waals surface area contributed by atoms with Gasteiger partial charge in [-0.3, -0.25) is 0 Å². The van der Waals surface area contributed by atoms with Crippen molar-refractivity contribution in [3.63, 3.8) is 0 Å². The summed E-state index contributed by atoms with van der Waals surface area (Å²) >= 11 is 0. The number of fused-ring (bicyclic) bond motifs is 1. The predicted octanol–water partition coefficient (Wildman–Crippen LogP) is 3.54. The summed E-state index contributed by atoms with van der Waals surface area (Å²) in [7, 11) is 0. The molecule has 2 heterocycles. The minimum Gasteiger partial charge on any atom is -0.361 e.